The van der Waals surface area contributed by atoms with Crippen LogP contribution in [0.4, 0.5) is 0 Å². The number of hydrogen-bond donors (Lipinski definition) is 1. The molecule has 0 aliphatic rings. The van der Waals surface area contributed by atoms with E-state index < -0.39 is 18.7 Å². The maximum atomic E-state index is 12.6. The molecule has 1 aromatic carbocycles. The third-order valence-corrected chi connectivity index (χ3v) is 5.49. The Morgan fingerprint density at radius 3 is 2.25 bits per heavy atom. The third kappa shape index (κ3) is 2.95. The van der Waals surface area contributed by atoms with Crippen molar-refractivity contribution in [2.75, 3.05) is 13.2 Å². The van der Waals surface area contributed by atoms with Gasteiger partial charge in [0.2, 0.25) is 0 Å². The molecule has 112 valence electrons. The van der Waals surface area contributed by atoms with E-state index >= 15 is 0 Å². The number of benzene rings is 1. The predicted molar refractivity (Wildman–Crippen MR) is 76.5 cm³/mol. The quantitative estimate of drug-likeness (QED) is 0.619. The highest BCUT2D eigenvalue weighted by molar-refractivity contribution is 7.55. The predicted octanol–water partition coefficient (Wildman–Crippen LogP) is 3.08. The molecule has 0 radical (unpaired) electrons. The summed E-state index contributed by atoms with van der Waals surface area (Å²) in [4.78, 5) is 22.7. The second-order valence-corrected chi connectivity index (χ2v) is 6.30. The Morgan fingerprint density at radius 1 is 1.20 bits per heavy atom. The second kappa shape index (κ2) is 7.02. The van der Waals surface area contributed by atoms with Crippen molar-refractivity contribution >= 4 is 13.6 Å². The van der Waals surface area contributed by atoms with Gasteiger partial charge in [-0.25, -0.2) is 0 Å². The SMILES string of the molecule is CCOC(=O)C(CC)(c1ccccc1)P(=O)(O)OCC. The molecule has 0 aliphatic carbocycles. The van der Waals surface area contributed by atoms with Crippen molar-refractivity contribution < 1.29 is 23.5 Å². The van der Waals surface area contributed by atoms with Crippen molar-refractivity contribution in [3.63, 3.8) is 0 Å². The zero-order chi connectivity index (χ0) is 15.2. The molecule has 0 aromatic heterocycles. The largest absolute Gasteiger partial charge is 0.465 e. The molecule has 0 bridgehead atoms. The number of ether oxygens (including phenoxy) is 1. The van der Waals surface area contributed by atoms with Gasteiger partial charge in [-0.05, 0) is 25.8 Å². The normalized spacial score (nSPS) is 17.0. The average Bonchev–Trinajstić information content (AvgIpc) is 2.41. The minimum Gasteiger partial charge on any atom is -0.465 e. The van der Waals surface area contributed by atoms with Crippen LogP contribution in [0.3, 0.4) is 0 Å². The molecule has 20 heavy (non-hydrogen) atoms. The highest BCUT2D eigenvalue weighted by Crippen LogP contribution is 2.63. The van der Waals surface area contributed by atoms with Gasteiger partial charge in [0.05, 0.1) is 13.2 Å². The first kappa shape index (κ1) is 16.9. The fourth-order valence-corrected chi connectivity index (χ4v) is 3.93. The van der Waals surface area contributed by atoms with E-state index in [0.29, 0.717) is 5.56 Å². The summed E-state index contributed by atoms with van der Waals surface area (Å²) in [5.74, 6) is -0.729. The van der Waals surface area contributed by atoms with Gasteiger partial charge in [0.1, 0.15) is 0 Å². The van der Waals surface area contributed by atoms with Crippen molar-refractivity contribution in [2.45, 2.75) is 32.3 Å². The standard InChI is InChI=1S/C14H21O5P/c1-4-14(13(15)18-5-2,20(16,17)19-6-3)12-10-8-7-9-11-12/h7-11H,4-6H2,1-3H3,(H,16,17). The van der Waals surface area contributed by atoms with Gasteiger partial charge < -0.3 is 14.2 Å². The lowest BCUT2D eigenvalue weighted by Gasteiger charge is -2.33. The number of rotatable bonds is 7. The first-order valence-corrected chi connectivity index (χ1v) is 8.24. The molecule has 5 nitrogen and oxygen atoms in total. The molecule has 0 heterocycles. The van der Waals surface area contributed by atoms with E-state index in [2.05, 4.69) is 0 Å². The number of carbonyl (C=O) groups is 1. The van der Waals surface area contributed by atoms with Gasteiger partial charge in [0.25, 0.3) is 0 Å². The van der Waals surface area contributed by atoms with Crippen LogP contribution in [0.2, 0.25) is 0 Å². The van der Waals surface area contributed by atoms with Crippen molar-refractivity contribution in [3.05, 3.63) is 35.9 Å². The van der Waals surface area contributed by atoms with Crippen LogP contribution in [0.5, 0.6) is 0 Å². The highest BCUT2D eigenvalue weighted by Gasteiger charge is 2.56. The maximum Gasteiger partial charge on any atom is 0.349 e. The highest BCUT2D eigenvalue weighted by atomic mass is 31.2. The molecule has 1 N–H and O–H groups in total. The van der Waals surface area contributed by atoms with Crippen LogP contribution in [0.25, 0.3) is 0 Å². The lowest BCUT2D eigenvalue weighted by Crippen LogP contribution is -2.37. The summed E-state index contributed by atoms with van der Waals surface area (Å²) in [6.07, 6.45) is 0.115. The zero-order valence-corrected chi connectivity index (χ0v) is 12.9. The van der Waals surface area contributed by atoms with Crippen LogP contribution in [0.1, 0.15) is 32.8 Å². The van der Waals surface area contributed by atoms with E-state index in [9.17, 15) is 14.3 Å². The Kier molecular flexibility index (Phi) is 5.93. The lowest BCUT2D eigenvalue weighted by molar-refractivity contribution is -0.147. The molecule has 6 heteroatoms. The second-order valence-electron chi connectivity index (χ2n) is 4.24. The van der Waals surface area contributed by atoms with Crippen LogP contribution in [-0.2, 0) is 23.8 Å². The van der Waals surface area contributed by atoms with Gasteiger partial charge in [-0.2, -0.15) is 0 Å². The Labute approximate surface area is 119 Å². The topological polar surface area (TPSA) is 72.8 Å². The van der Waals surface area contributed by atoms with Gasteiger partial charge in [0.15, 0.2) is 5.16 Å². The van der Waals surface area contributed by atoms with Gasteiger partial charge in [-0.1, -0.05) is 37.3 Å². The fraction of sp³-hybridized carbons (Fsp3) is 0.500. The molecular weight excluding hydrogens is 279 g/mol. The minimum absolute atomic E-state index is 0.0434. The molecule has 0 saturated carbocycles. The first-order valence-electron chi connectivity index (χ1n) is 6.66. The van der Waals surface area contributed by atoms with Gasteiger partial charge in [-0.3, -0.25) is 9.36 Å². The Bertz CT molecular complexity index is 488. The zero-order valence-electron chi connectivity index (χ0n) is 12.0. The van der Waals surface area contributed by atoms with Gasteiger partial charge in [0, 0.05) is 0 Å². The summed E-state index contributed by atoms with van der Waals surface area (Å²) in [5, 5.41) is -1.68. The number of esters is 1. The maximum absolute atomic E-state index is 12.6. The molecule has 2 atom stereocenters. The summed E-state index contributed by atoms with van der Waals surface area (Å²) in [5.41, 5.74) is 0.431. The van der Waals surface area contributed by atoms with Crippen LogP contribution < -0.4 is 0 Å². The van der Waals surface area contributed by atoms with Crippen LogP contribution in [0, 0.1) is 0 Å². The van der Waals surface area contributed by atoms with Crippen molar-refractivity contribution in [1.82, 2.24) is 0 Å². The van der Waals surface area contributed by atoms with E-state index in [4.69, 9.17) is 9.26 Å². The van der Waals surface area contributed by atoms with E-state index in [1.54, 1.807) is 51.1 Å². The summed E-state index contributed by atoms with van der Waals surface area (Å²) >= 11 is 0. The monoisotopic (exact) mass is 300 g/mol. The summed E-state index contributed by atoms with van der Waals surface area (Å²) < 4.78 is 22.7. The molecule has 0 amide bonds. The van der Waals surface area contributed by atoms with Crippen molar-refractivity contribution in [3.8, 4) is 0 Å². The molecule has 0 saturated heterocycles. The summed E-state index contributed by atoms with van der Waals surface area (Å²) in [6, 6.07) is 8.48. The van der Waals surface area contributed by atoms with Crippen molar-refractivity contribution in [2.24, 2.45) is 0 Å². The van der Waals surface area contributed by atoms with Crippen molar-refractivity contribution in [1.29, 1.82) is 0 Å². The molecule has 0 aliphatic heterocycles. The van der Waals surface area contributed by atoms with Crippen LogP contribution in [-0.4, -0.2) is 24.1 Å². The first-order chi connectivity index (χ1) is 9.46. The Morgan fingerprint density at radius 2 is 1.80 bits per heavy atom. The molecule has 0 spiro atoms. The lowest BCUT2D eigenvalue weighted by atomic mass is 9.95. The Balaban J connectivity index is 3.46. The molecule has 2 unspecified atom stereocenters. The van der Waals surface area contributed by atoms with E-state index in [1.807, 2.05) is 0 Å². The fourth-order valence-electron chi connectivity index (χ4n) is 2.19. The van der Waals surface area contributed by atoms with E-state index in [1.165, 1.54) is 0 Å². The van der Waals surface area contributed by atoms with Crippen LogP contribution in [0.15, 0.2) is 30.3 Å². The number of hydrogen-bond acceptors (Lipinski definition) is 4. The van der Waals surface area contributed by atoms with Gasteiger partial charge >= 0.3 is 13.6 Å². The molecule has 0 fully saturated rings. The Hall–Kier alpha value is -1.16. The average molecular weight is 300 g/mol. The van der Waals surface area contributed by atoms with Gasteiger partial charge in [-0.15, -0.1) is 0 Å². The smallest absolute Gasteiger partial charge is 0.349 e. The molecule has 1 rings (SSSR count). The molecule has 1 aromatic rings. The minimum atomic E-state index is -4.22. The summed E-state index contributed by atoms with van der Waals surface area (Å²) in [6.45, 7) is 5.12. The van der Waals surface area contributed by atoms with E-state index in [0.717, 1.165) is 0 Å². The number of carbonyl (C=O) groups excluding carboxylic acids is 1. The molecular formula is C14H21O5P. The summed E-state index contributed by atoms with van der Waals surface area (Å²) in [7, 11) is -4.22. The van der Waals surface area contributed by atoms with E-state index in [-0.39, 0.29) is 19.6 Å². The van der Waals surface area contributed by atoms with Crippen LogP contribution >= 0.6 is 7.60 Å². The third-order valence-electron chi connectivity index (χ3n) is 3.16.